The maximum Gasteiger partial charge on any atom is 0.145 e. The molecule has 162 valence electrons. The summed E-state index contributed by atoms with van der Waals surface area (Å²) in [7, 11) is 0. The van der Waals surface area contributed by atoms with E-state index in [0.29, 0.717) is 5.02 Å². The van der Waals surface area contributed by atoms with Crippen molar-refractivity contribution in [2.45, 2.75) is 104 Å². The van der Waals surface area contributed by atoms with Crippen LogP contribution in [0.4, 0.5) is 4.39 Å². The number of hydrogen-bond donors (Lipinski definition) is 0. The van der Waals surface area contributed by atoms with Crippen molar-refractivity contribution in [3.05, 3.63) is 40.2 Å². The summed E-state index contributed by atoms with van der Waals surface area (Å²) in [6.07, 6.45) is 20.3. The Labute approximate surface area is 183 Å². The molecule has 2 aliphatic rings. The lowest BCUT2D eigenvalue weighted by molar-refractivity contribution is 0.252. The molecule has 1 aromatic carbocycles. The lowest BCUT2D eigenvalue weighted by atomic mass is 9.78. The smallest absolute Gasteiger partial charge is 0.145 e. The van der Waals surface area contributed by atoms with Crippen molar-refractivity contribution in [1.29, 1.82) is 0 Å². The quantitative estimate of drug-likeness (QED) is 0.350. The Hall–Kier alpha value is -0.820. The summed E-state index contributed by atoms with van der Waals surface area (Å²) in [5.41, 5.74) is 2.92. The van der Waals surface area contributed by atoms with Crippen molar-refractivity contribution < 1.29 is 4.39 Å². The Kier molecular flexibility index (Phi) is 9.09. The molecule has 0 saturated heterocycles. The minimum atomic E-state index is -0.206. The molecule has 3 rings (SSSR count). The van der Waals surface area contributed by atoms with Crippen LogP contribution in [0.5, 0.6) is 0 Å². The van der Waals surface area contributed by atoms with Crippen LogP contribution in [-0.2, 0) is 6.42 Å². The van der Waals surface area contributed by atoms with E-state index in [2.05, 4.69) is 19.9 Å². The van der Waals surface area contributed by atoms with Gasteiger partial charge in [-0.05, 0) is 60.1 Å². The van der Waals surface area contributed by atoms with E-state index < -0.39 is 0 Å². The molecule has 0 bridgehead atoms. The Bertz CT molecular complexity index is 669. The number of halogens is 2. The van der Waals surface area contributed by atoms with Gasteiger partial charge in [-0.2, -0.15) is 0 Å². The van der Waals surface area contributed by atoms with E-state index in [4.69, 9.17) is 11.6 Å². The summed E-state index contributed by atoms with van der Waals surface area (Å²) in [6, 6.07) is 3.97. The van der Waals surface area contributed by atoms with Crippen LogP contribution in [0.2, 0.25) is 5.02 Å². The van der Waals surface area contributed by atoms with E-state index in [9.17, 15) is 4.39 Å². The zero-order valence-corrected chi connectivity index (χ0v) is 19.4. The van der Waals surface area contributed by atoms with Gasteiger partial charge in [0.05, 0.1) is 5.02 Å². The summed E-state index contributed by atoms with van der Waals surface area (Å²) in [4.78, 5) is 0. The lowest BCUT2D eigenvalue weighted by Crippen LogP contribution is -2.14. The molecule has 1 unspecified atom stereocenters. The highest BCUT2D eigenvalue weighted by Gasteiger charge is 2.21. The summed E-state index contributed by atoms with van der Waals surface area (Å²) < 4.78 is 14.5. The van der Waals surface area contributed by atoms with Gasteiger partial charge in [0, 0.05) is 0 Å². The van der Waals surface area contributed by atoms with E-state index in [1.807, 2.05) is 12.1 Å². The van der Waals surface area contributed by atoms with Crippen LogP contribution in [0.15, 0.2) is 18.2 Å². The second kappa shape index (κ2) is 11.5. The molecule has 0 heterocycles. The SMILES string of the molecule is CCCc1ccc(C2=CCC(CCCCC3CCC(CC)CC3)CC2)c(Cl)c1F. The third-order valence-corrected chi connectivity index (χ3v) is 7.94. The summed E-state index contributed by atoms with van der Waals surface area (Å²) in [5, 5.41) is 0.332. The molecule has 2 heteroatoms. The van der Waals surface area contributed by atoms with E-state index in [0.717, 1.165) is 54.6 Å². The first-order valence-corrected chi connectivity index (χ1v) is 12.7. The minimum absolute atomic E-state index is 0.206. The van der Waals surface area contributed by atoms with Gasteiger partial charge >= 0.3 is 0 Å². The van der Waals surface area contributed by atoms with Crippen LogP contribution < -0.4 is 0 Å². The van der Waals surface area contributed by atoms with E-state index >= 15 is 0 Å². The molecule has 1 fully saturated rings. The summed E-state index contributed by atoms with van der Waals surface area (Å²) >= 11 is 6.38. The number of hydrogen-bond acceptors (Lipinski definition) is 0. The molecule has 1 atom stereocenters. The molecule has 0 radical (unpaired) electrons. The van der Waals surface area contributed by atoms with Crippen LogP contribution >= 0.6 is 11.6 Å². The van der Waals surface area contributed by atoms with Gasteiger partial charge in [-0.15, -0.1) is 0 Å². The zero-order valence-electron chi connectivity index (χ0n) is 18.6. The molecule has 0 N–H and O–H groups in total. The maximum absolute atomic E-state index is 14.5. The molecule has 2 aliphatic carbocycles. The molecule has 0 amide bonds. The number of allylic oxidation sites excluding steroid dienone is 2. The predicted molar refractivity (Wildman–Crippen MR) is 125 cm³/mol. The van der Waals surface area contributed by atoms with Crippen LogP contribution in [0.25, 0.3) is 5.57 Å². The van der Waals surface area contributed by atoms with Gasteiger partial charge in [-0.25, -0.2) is 4.39 Å². The van der Waals surface area contributed by atoms with Gasteiger partial charge in [0.25, 0.3) is 0 Å². The predicted octanol–water partition coefficient (Wildman–Crippen LogP) is 9.39. The fourth-order valence-corrected chi connectivity index (χ4v) is 5.80. The van der Waals surface area contributed by atoms with Crippen molar-refractivity contribution in [2.75, 3.05) is 0 Å². The van der Waals surface area contributed by atoms with Gasteiger partial charge in [0.1, 0.15) is 5.82 Å². The molecule has 1 aromatic rings. The van der Waals surface area contributed by atoms with Gasteiger partial charge < -0.3 is 0 Å². The Balaban J connectivity index is 1.41. The minimum Gasteiger partial charge on any atom is -0.205 e. The standard InChI is InChI=1S/C27H40ClF/c1-3-7-24-18-19-25(26(28)27(24)29)23-16-14-22(15-17-23)9-6-5-8-21-12-10-20(4-2)11-13-21/h16,18-22H,3-15,17H2,1-2H3. The Morgan fingerprint density at radius 2 is 1.62 bits per heavy atom. The maximum atomic E-state index is 14.5. The number of benzene rings is 1. The molecule has 0 nitrogen and oxygen atoms in total. The van der Waals surface area contributed by atoms with Crippen LogP contribution in [0.3, 0.4) is 0 Å². The van der Waals surface area contributed by atoms with Crippen molar-refractivity contribution in [2.24, 2.45) is 17.8 Å². The molecule has 0 aliphatic heterocycles. The van der Waals surface area contributed by atoms with E-state index in [-0.39, 0.29) is 5.82 Å². The van der Waals surface area contributed by atoms with Crippen LogP contribution in [0.1, 0.15) is 108 Å². The van der Waals surface area contributed by atoms with E-state index in [1.54, 1.807) is 0 Å². The van der Waals surface area contributed by atoms with Crippen molar-refractivity contribution in [3.8, 4) is 0 Å². The molecule has 1 saturated carbocycles. The average molecular weight is 419 g/mol. The van der Waals surface area contributed by atoms with Gasteiger partial charge in [-0.3, -0.25) is 0 Å². The highest BCUT2D eigenvalue weighted by Crippen LogP contribution is 2.38. The molecule has 29 heavy (non-hydrogen) atoms. The van der Waals surface area contributed by atoms with Crippen molar-refractivity contribution in [3.63, 3.8) is 0 Å². The number of unbranched alkanes of at least 4 members (excludes halogenated alkanes) is 1. The second-order valence-electron chi connectivity index (χ2n) is 9.60. The Morgan fingerprint density at radius 1 is 0.931 bits per heavy atom. The largest absolute Gasteiger partial charge is 0.205 e. The monoisotopic (exact) mass is 418 g/mol. The van der Waals surface area contributed by atoms with Gasteiger partial charge in [0.15, 0.2) is 0 Å². The molecule has 0 spiro atoms. The second-order valence-corrected chi connectivity index (χ2v) is 9.98. The first-order valence-electron chi connectivity index (χ1n) is 12.3. The van der Waals surface area contributed by atoms with E-state index in [1.165, 1.54) is 69.8 Å². The fraction of sp³-hybridized carbons (Fsp3) is 0.704. The Morgan fingerprint density at radius 3 is 2.24 bits per heavy atom. The lowest BCUT2D eigenvalue weighted by Gasteiger charge is -2.28. The highest BCUT2D eigenvalue weighted by atomic mass is 35.5. The van der Waals surface area contributed by atoms with Gasteiger partial charge in [-0.1, -0.05) is 108 Å². The number of aryl methyl sites for hydroxylation is 1. The van der Waals surface area contributed by atoms with Crippen LogP contribution in [0, 0.1) is 23.6 Å². The third kappa shape index (κ3) is 6.33. The zero-order chi connectivity index (χ0) is 20.6. The van der Waals surface area contributed by atoms with Crippen molar-refractivity contribution >= 4 is 17.2 Å². The molecular weight excluding hydrogens is 379 g/mol. The van der Waals surface area contributed by atoms with Crippen LogP contribution in [-0.4, -0.2) is 0 Å². The first kappa shape index (κ1) is 22.9. The molecule has 0 aromatic heterocycles. The first-order chi connectivity index (χ1) is 14.1. The number of rotatable bonds is 9. The van der Waals surface area contributed by atoms with Gasteiger partial charge in [0.2, 0.25) is 0 Å². The highest BCUT2D eigenvalue weighted by molar-refractivity contribution is 6.32. The molecular formula is C27H40ClF. The summed E-state index contributed by atoms with van der Waals surface area (Å²) in [5.74, 6) is 2.61. The fourth-order valence-electron chi connectivity index (χ4n) is 5.49. The third-order valence-electron chi connectivity index (χ3n) is 7.57. The normalized spacial score (nSPS) is 25.1. The topological polar surface area (TPSA) is 0 Å². The average Bonchev–Trinajstić information content (AvgIpc) is 2.76. The van der Waals surface area contributed by atoms with Crippen molar-refractivity contribution in [1.82, 2.24) is 0 Å². The summed E-state index contributed by atoms with van der Waals surface area (Å²) in [6.45, 7) is 4.42.